The zero-order valence-electron chi connectivity index (χ0n) is 14.1. The van der Waals surface area contributed by atoms with Crippen LogP contribution < -0.4 is 5.73 Å². The molecule has 128 valence electrons. The average Bonchev–Trinajstić information content (AvgIpc) is 2.46. The Labute approximate surface area is 134 Å². The topological polar surface area (TPSA) is 66.5 Å². The number of rotatable bonds is 17. The van der Waals surface area contributed by atoms with Gasteiger partial charge in [0, 0.05) is 0 Å². The van der Waals surface area contributed by atoms with E-state index in [1.165, 1.54) is 89.9 Å². The maximum atomic E-state index is 8.86. The lowest BCUT2D eigenvalue weighted by molar-refractivity contribution is 0.401. The Morgan fingerprint density at radius 1 is 0.476 bits per heavy atom. The number of hydrogen-bond donors (Lipinski definition) is 3. The van der Waals surface area contributed by atoms with E-state index in [0.717, 1.165) is 13.0 Å². The summed E-state index contributed by atoms with van der Waals surface area (Å²) in [4.78, 5) is 17.7. The third kappa shape index (κ3) is 20.1. The lowest BCUT2D eigenvalue weighted by Crippen LogP contribution is -2.09. The second-order valence-electron chi connectivity index (χ2n) is 6.36. The van der Waals surface area contributed by atoms with Crippen LogP contribution in [0.5, 0.6) is 0 Å². The van der Waals surface area contributed by atoms with E-state index in [-0.39, 0.29) is 0 Å². The fourth-order valence-corrected chi connectivity index (χ4v) is 3.42. The fraction of sp³-hybridized carbons (Fsp3) is 1.00. The summed E-state index contributed by atoms with van der Waals surface area (Å²) in [5.74, 6) is 0. The lowest BCUT2D eigenvalue weighted by atomic mass is 10.0. The van der Waals surface area contributed by atoms with Crippen molar-refractivity contribution >= 4 is 9.28 Å². The molecule has 0 amide bonds. The predicted octanol–water partition coefficient (Wildman–Crippen LogP) is 4.00. The van der Waals surface area contributed by atoms with Crippen LogP contribution in [0.1, 0.15) is 96.3 Å². The molecular formula is C17H39NO2Si. The zero-order valence-corrected chi connectivity index (χ0v) is 15.2. The molecule has 0 saturated carbocycles. The number of nitrogens with two attached hydrogens (primary N) is 1. The largest absolute Gasteiger partial charge is 0.413 e. The lowest BCUT2D eigenvalue weighted by Gasteiger charge is -2.03. The Bertz CT molecular complexity index is 192. The molecule has 0 aliphatic heterocycles. The van der Waals surface area contributed by atoms with Gasteiger partial charge in [-0.05, 0) is 19.0 Å². The van der Waals surface area contributed by atoms with Crippen molar-refractivity contribution in [2.75, 3.05) is 6.54 Å². The first-order chi connectivity index (χ1) is 10.3. The molecule has 0 aromatic rings. The van der Waals surface area contributed by atoms with Crippen molar-refractivity contribution in [2.45, 2.75) is 102 Å². The number of hydrogen-bond acceptors (Lipinski definition) is 3. The van der Waals surface area contributed by atoms with Gasteiger partial charge in [-0.25, -0.2) is 0 Å². The molecule has 3 nitrogen and oxygen atoms in total. The van der Waals surface area contributed by atoms with Crippen LogP contribution in [0.25, 0.3) is 0 Å². The molecule has 0 spiro atoms. The molecule has 0 rings (SSSR count). The highest BCUT2D eigenvalue weighted by Gasteiger charge is 2.00. The van der Waals surface area contributed by atoms with Crippen LogP contribution in [0.3, 0.4) is 0 Å². The first kappa shape index (κ1) is 21.1. The normalized spacial score (nSPS) is 11.4. The first-order valence-electron chi connectivity index (χ1n) is 9.33. The molecule has 0 fully saturated rings. The second kappa shape index (κ2) is 18.1. The van der Waals surface area contributed by atoms with Crippen molar-refractivity contribution in [2.24, 2.45) is 5.73 Å². The van der Waals surface area contributed by atoms with Gasteiger partial charge in [-0.1, -0.05) is 89.9 Å². The van der Waals surface area contributed by atoms with Crippen LogP contribution >= 0.6 is 0 Å². The molecule has 0 aromatic heterocycles. The van der Waals surface area contributed by atoms with Gasteiger partial charge in [0.2, 0.25) is 0 Å². The van der Waals surface area contributed by atoms with Gasteiger partial charge < -0.3 is 15.3 Å². The van der Waals surface area contributed by atoms with E-state index in [1.807, 2.05) is 0 Å². The van der Waals surface area contributed by atoms with Gasteiger partial charge in [0.1, 0.15) is 0 Å². The minimum atomic E-state index is -2.27. The highest BCUT2D eigenvalue weighted by Crippen LogP contribution is 2.13. The van der Waals surface area contributed by atoms with Crippen molar-refractivity contribution in [1.82, 2.24) is 0 Å². The van der Waals surface area contributed by atoms with Crippen LogP contribution in [0, 0.1) is 0 Å². The Morgan fingerprint density at radius 2 is 0.762 bits per heavy atom. The van der Waals surface area contributed by atoms with E-state index >= 15 is 0 Å². The van der Waals surface area contributed by atoms with Gasteiger partial charge in [0.05, 0.1) is 0 Å². The van der Waals surface area contributed by atoms with Gasteiger partial charge in [0.15, 0.2) is 0 Å². The molecule has 4 N–H and O–H groups in total. The summed E-state index contributed by atoms with van der Waals surface area (Å²) in [5.41, 5.74) is 5.48. The molecule has 0 saturated heterocycles. The summed E-state index contributed by atoms with van der Waals surface area (Å²) in [7, 11) is -2.27. The third-order valence-electron chi connectivity index (χ3n) is 4.17. The maximum Gasteiger partial charge on any atom is 0.315 e. The minimum absolute atomic E-state index is 0.673. The highest BCUT2D eigenvalue weighted by molar-refractivity contribution is 6.40. The molecule has 0 bridgehead atoms. The molecule has 21 heavy (non-hydrogen) atoms. The van der Waals surface area contributed by atoms with Gasteiger partial charge in [0.25, 0.3) is 0 Å². The summed E-state index contributed by atoms with van der Waals surface area (Å²) >= 11 is 0. The Morgan fingerprint density at radius 3 is 1.05 bits per heavy atom. The van der Waals surface area contributed by atoms with Gasteiger partial charge in [-0.15, -0.1) is 0 Å². The predicted molar refractivity (Wildman–Crippen MR) is 94.7 cm³/mol. The van der Waals surface area contributed by atoms with E-state index in [0.29, 0.717) is 6.04 Å². The second-order valence-corrected chi connectivity index (χ2v) is 7.90. The molecule has 4 heteroatoms. The quantitative estimate of drug-likeness (QED) is 0.280. The molecule has 0 aliphatic carbocycles. The van der Waals surface area contributed by atoms with Crippen LogP contribution in [0.15, 0.2) is 0 Å². The third-order valence-corrected chi connectivity index (χ3v) is 5.09. The van der Waals surface area contributed by atoms with Crippen molar-refractivity contribution in [3.63, 3.8) is 0 Å². The molecule has 0 radical (unpaired) electrons. The Balaban J connectivity index is 2.93. The zero-order chi connectivity index (χ0) is 15.6. The van der Waals surface area contributed by atoms with Crippen molar-refractivity contribution < 1.29 is 9.59 Å². The molecular weight excluding hydrogens is 278 g/mol. The van der Waals surface area contributed by atoms with Gasteiger partial charge >= 0.3 is 9.28 Å². The monoisotopic (exact) mass is 317 g/mol. The average molecular weight is 318 g/mol. The first-order valence-corrected chi connectivity index (χ1v) is 11.2. The summed E-state index contributed by atoms with van der Waals surface area (Å²) in [5, 5.41) is 0. The highest BCUT2D eigenvalue weighted by atomic mass is 28.3. The summed E-state index contributed by atoms with van der Waals surface area (Å²) in [6, 6.07) is 0.673. The van der Waals surface area contributed by atoms with Crippen LogP contribution in [0.2, 0.25) is 6.04 Å². The van der Waals surface area contributed by atoms with E-state index in [2.05, 4.69) is 0 Å². The maximum absolute atomic E-state index is 8.86. The van der Waals surface area contributed by atoms with Crippen molar-refractivity contribution in [3.8, 4) is 0 Å². The Kier molecular flexibility index (Phi) is 18.2. The number of unbranched alkanes of at least 4 members (excludes halogenated alkanes) is 14. The van der Waals surface area contributed by atoms with E-state index in [4.69, 9.17) is 15.3 Å². The molecule has 0 atom stereocenters. The SMILES string of the molecule is NCCCCCCCCCCCCCCCCC[SiH](O)O. The van der Waals surface area contributed by atoms with Crippen LogP contribution in [-0.4, -0.2) is 25.4 Å². The molecule has 0 unspecified atom stereocenters. The van der Waals surface area contributed by atoms with Crippen LogP contribution in [0.4, 0.5) is 0 Å². The summed E-state index contributed by atoms with van der Waals surface area (Å²) < 4.78 is 0. The van der Waals surface area contributed by atoms with E-state index < -0.39 is 9.28 Å². The van der Waals surface area contributed by atoms with E-state index in [9.17, 15) is 0 Å². The molecule has 0 aliphatic rings. The van der Waals surface area contributed by atoms with Gasteiger partial charge in [-0.2, -0.15) is 0 Å². The fourth-order valence-electron chi connectivity index (χ4n) is 2.77. The Hall–Kier alpha value is 0.0969. The summed E-state index contributed by atoms with van der Waals surface area (Å²) in [6.45, 7) is 0.852. The van der Waals surface area contributed by atoms with Crippen LogP contribution in [-0.2, 0) is 0 Å². The standard InChI is InChI=1S/C17H39NO2Si/c18-16-14-12-10-8-6-4-2-1-3-5-7-9-11-13-15-17-21(19)20/h19-21H,1-18H2. The summed E-state index contributed by atoms with van der Waals surface area (Å²) in [6.07, 6.45) is 19.8. The van der Waals surface area contributed by atoms with Crippen molar-refractivity contribution in [3.05, 3.63) is 0 Å². The minimum Gasteiger partial charge on any atom is -0.413 e. The smallest absolute Gasteiger partial charge is 0.315 e. The van der Waals surface area contributed by atoms with Gasteiger partial charge in [-0.3, -0.25) is 0 Å². The molecule has 0 heterocycles. The van der Waals surface area contributed by atoms with Crippen molar-refractivity contribution in [1.29, 1.82) is 0 Å². The van der Waals surface area contributed by atoms with E-state index in [1.54, 1.807) is 0 Å². The molecule has 0 aromatic carbocycles.